The van der Waals surface area contributed by atoms with E-state index in [1.165, 1.54) is 19.2 Å². The van der Waals surface area contributed by atoms with Crippen molar-refractivity contribution in [2.75, 3.05) is 12.4 Å². The third kappa shape index (κ3) is 4.97. The van der Waals surface area contributed by atoms with Crippen LogP contribution in [0.2, 0.25) is 10.0 Å². The van der Waals surface area contributed by atoms with Crippen molar-refractivity contribution >= 4 is 46.4 Å². The van der Waals surface area contributed by atoms with Gasteiger partial charge < -0.3 is 10.6 Å². The normalized spacial score (nSPS) is 11.3. The molecule has 0 saturated carbocycles. The minimum absolute atomic E-state index is 0.0173. The number of hydrogen-bond acceptors (Lipinski definition) is 5. The van der Waals surface area contributed by atoms with Crippen LogP contribution < -0.4 is 10.6 Å². The van der Waals surface area contributed by atoms with Gasteiger partial charge in [0.15, 0.2) is 5.69 Å². The molecule has 0 spiro atoms. The van der Waals surface area contributed by atoms with Crippen LogP contribution in [0.1, 0.15) is 32.1 Å². The van der Waals surface area contributed by atoms with Gasteiger partial charge in [-0.3, -0.25) is 19.7 Å². The number of nitrogens with one attached hydrogen (secondary N) is 2. The largest absolute Gasteiger partial charge is 0.435 e. The van der Waals surface area contributed by atoms with E-state index in [2.05, 4.69) is 15.7 Å². The molecule has 14 heteroatoms. The highest BCUT2D eigenvalue weighted by Crippen LogP contribution is 2.33. The number of amides is 2. The highest BCUT2D eigenvalue weighted by molar-refractivity contribution is 6.32. The van der Waals surface area contributed by atoms with E-state index < -0.39 is 40.0 Å². The number of anilines is 1. The molecule has 0 aliphatic heterocycles. The van der Waals surface area contributed by atoms with E-state index in [4.69, 9.17) is 23.2 Å². The Labute approximate surface area is 199 Å². The molecular formula is C20H14Cl2F3N5O4. The number of rotatable bonds is 5. The lowest BCUT2D eigenvalue weighted by molar-refractivity contribution is -0.384. The Kier molecular flexibility index (Phi) is 6.84. The van der Waals surface area contributed by atoms with E-state index >= 15 is 0 Å². The van der Waals surface area contributed by atoms with E-state index in [0.717, 1.165) is 18.2 Å². The zero-order valence-electron chi connectivity index (χ0n) is 17.3. The summed E-state index contributed by atoms with van der Waals surface area (Å²) in [6.45, 7) is 1.54. The Balaban J connectivity index is 2.14. The topological polar surface area (TPSA) is 119 Å². The molecule has 3 aromatic rings. The molecule has 2 N–H and O–H groups in total. The molecule has 0 aliphatic carbocycles. The lowest BCUT2D eigenvalue weighted by atomic mass is 10.1. The predicted octanol–water partition coefficient (Wildman–Crippen LogP) is 5.03. The van der Waals surface area contributed by atoms with Crippen molar-refractivity contribution < 1.29 is 27.7 Å². The number of carbonyl (C=O) groups excluding carboxylic acids is 2. The van der Waals surface area contributed by atoms with Crippen molar-refractivity contribution in [2.24, 2.45) is 0 Å². The second kappa shape index (κ2) is 9.31. The van der Waals surface area contributed by atoms with Crippen molar-refractivity contribution in [1.29, 1.82) is 0 Å². The Hall–Kier alpha value is -3.64. The van der Waals surface area contributed by atoms with Crippen LogP contribution in [0, 0.1) is 17.0 Å². The van der Waals surface area contributed by atoms with Gasteiger partial charge in [0.2, 0.25) is 0 Å². The zero-order valence-corrected chi connectivity index (χ0v) is 18.8. The smallest absolute Gasteiger partial charge is 0.355 e. The van der Waals surface area contributed by atoms with Gasteiger partial charge in [-0.05, 0) is 30.7 Å². The number of carbonyl (C=O) groups is 2. The molecule has 1 heterocycles. The molecule has 0 aliphatic rings. The SMILES string of the molecule is CNC(=O)c1cc(Cl)cc(C)c1NC(=O)c1cc(C(F)(F)F)nn1-c1ccc([N+](=O)[O-])cc1Cl. The van der Waals surface area contributed by atoms with Gasteiger partial charge >= 0.3 is 6.18 Å². The lowest BCUT2D eigenvalue weighted by Gasteiger charge is -2.15. The summed E-state index contributed by atoms with van der Waals surface area (Å²) in [4.78, 5) is 35.5. The van der Waals surface area contributed by atoms with Gasteiger partial charge in [0.1, 0.15) is 5.69 Å². The highest BCUT2D eigenvalue weighted by Gasteiger charge is 2.36. The molecule has 0 fully saturated rings. The van der Waals surface area contributed by atoms with Crippen LogP contribution in [0.3, 0.4) is 0 Å². The van der Waals surface area contributed by atoms with Crippen molar-refractivity contribution in [1.82, 2.24) is 15.1 Å². The van der Waals surface area contributed by atoms with E-state index in [1.807, 2.05) is 0 Å². The molecular weight excluding hydrogens is 502 g/mol. The summed E-state index contributed by atoms with van der Waals surface area (Å²) in [5.74, 6) is -1.64. The maximum Gasteiger partial charge on any atom is 0.435 e. The number of nitrogens with zero attached hydrogens (tertiary/aromatic N) is 3. The fourth-order valence-electron chi connectivity index (χ4n) is 3.05. The number of alkyl halides is 3. The number of nitro groups is 1. The van der Waals surface area contributed by atoms with Gasteiger partial charge in [0, 0.05) is 30.3 Å². The second-order valence-corrected chi connectivity index (χ2v) is 7.74. The fraction of sp³-hybridized carbons (Fsp3) is 0.150. The number of aryl methyl sites for hydroxylation is 1. The van der Waals surface area contributed by atoms with Crippen LogP contribution >= 0.6 is 23.2 Å². The average molecular weight is 516 g/mol. The van der Waals surface area contributed by atoms with Crippen molar-refractivity contribution in [2.45, 2.75) is 13.1 Å². The average Bonchev–Trinajstić information content (AvgIpc) is 3.20. The number of halogens is 5. The monoisotopic (exact) mass is 515 g/mol. The first kappa shape index (κ1) is 25.0. The summed E-state index contributed by atoms with van der Waals surface area (Å²) in [7, 11) is 1.35. The molecule has 178 valence electrons. The van der Waals surface area contributed by atoms with Crippen molar-refractivity contribution in [3.8, 4) is 5.69 Å². The van der Waals surface area contributed by atoms with Gasteiger partial charge in [0.05, 0.1) is 26.9 Å². The Morgan fingerprint density at radius 1 is 1.12 bits per heavy atom. The van der Waals surface area contributed by atoms with Crippen LogP contribution in [-0.4, -0.2) is 33.6 Å². The number of non-ortho nitro benzene ring substituents is 1. The van der Waals surface area contributed by atoms with Crippen LogP contribution in [0.15, 0.2) is 36.4 Å². The minimum Gasteiger partial charge on any atom is -0.355 e. The van der Waals surface area contributed by atoms with E-state index in [1.54, 1.807) is 6.92 Å². The standard InChI is InChI=1S/C20H14Cl2F3N5O4/c1-9-5-10(21)6-12(18(31)26-2)17(9)27-19(32)15-8-16(20(23,24)25)28-29(15)14-4-3-11(30(33)34)7-13(14)22/h3-8H,1-2H3,(H,26,31)(H,27,32). The fourth-order valence-corrected chi connectivity index (χ4v) is 3.57. The first-order chi connectivity index (χ1) is 15.8. The van der Waals surface area contributed by atoms with E-state index in [9.17, 15) is 32.9 Å². The van der Waals surface area contributed by atoms with Gasteiger partial charge in [-0.15, -0.1) is 0 Å². The van der Waals surface area contributed by atoms with Gasteiger partial charge in [-0.25, -0.2) is 4.68 Å². The van der Waals surface area contributed by atoms with Crippen molar-refractivity contribution in [3.05, 3.63) is 79.1 Å². The molecule has 0 unspecified atom stereocenters. The van der Waals surface area contributed by atoms with Crippen LogP contribution in [-0.2, 0) is 6.18 Å². The molecule has 0 radical (unpaired) electrons. The number of benzene rings is 2. The minimum atomic E-state index is -4.91. The Bertz CT molecular complexity index is 1320. The summed E-state index contributed by atoms with van der Waals surface area (Å²) < 4.78 is 40.8. The molecule has 3 rings (SSSR count). The van der Waals surface area contributed by atoms with E-state index in [-0.39, 0.29) is 27.0 Å². The van der Waals surface area contributed by atoms with Crippen molar-refractivity contribution in [3.63, 3.8) is 0 Å². The molecule has 0 saturated heterocycles. The lowest BCUT2D eigenvalue weighted by Crippen LogP contribution is -2.23. The number of hydrogen-bond donors (Lipinski definition) is 2. The maximum atomic E-state index is 13.4. The van der Waals surface area contributed by atoms with Gasteiger partial charge in [-0.1, -0.05) is 23.2 Å². The molecule has 1 aromatic heterocycles. The maximum absolute atomic E-state index is 13.4. The van der Waals surface area contributed by atoms with Gasteiger partial charge in [0.25, 0.3) is 17.5 Å². The third-order valence-electron chi connectivity index (χ3n) is 4.61. The summed E-state index contributed by atoms with van der Waals surface area (Å²) >= 11 is 12.0. The van der Waals surface area contributed by atoms with Crippen LogP contribution in [0.4, 0.5) is 24.5 Å². The number of aromatic nitrogens is 2. The van der Waals surface area contributed by atoms with Gasteiger partial charge in [-0.2, -0.15) is 18.3 Å². The zero-order chi connectivity index (χ0) is 25.4. The first-order valence-electron chi connectivity index (χ1n) is 9.28. The van der Waals surface area contributed by atoms with E-state index in [0.29, 0.717) is 16.3 Å². The third-order valence-corrected chi connectivity index (χ3v) is 5.13. The molecule has 34 heavy (non-hydrogen) atoms. The number of nitro benzene ring substituents is 1. The molecule has 0 bridgehead atoms. The Morgan fingerprint density at radius 3 is 2.35 bits per heavy atom. The molecule has 0 atom stereocenters. The first-order valence-corrected chi connectivity index (χ1v) is 10.0. The quantitative estimate of drug-likeness (QED) is 0.365. The Morgan fingerprint density at radius 2 is 1.79 bits per heavy atom. The van der Waals surface area contributed by atoms with Crippen LogP contribution in [0.25, 0.3) is 5.69 Å². The summed E-state index contributed by atoms with van der Waals surface area (Å²) in [5, 5.41) is 19.1. The molecule has 9 nitrogen and oxygen atoms in total. The molecule has 2 aromatic carbocycles. The summed E-state index contributed by atoms with van der Waals surface area (Å²) in [5.41, 5.74) is -2.22. The second-order valence-electron chi connectivity index (χ2n) is 6.90. The van der Waals surface area contributed by atoms with Crippen LogP contribution in [0.5, 0.6) is 0 Å². The summed E-state index contributed by atoms with van der Waals surface area (Å²) in [6, 6.07) is 6.22. The summed E-state index contributed by atoms with van der Waals surface area (Å²) in [6.07, 6.45) is -4.91. The predicted molar refractivity (Wildman–Crippen MR) is 118 cm³/mol. The molecule has 2 amide bonds. The highest BCUT2D eigenvalue weighted by atomic mass is 35.5.